The van der Waals surface area contributed by atoms with Crippen LogP contribution in [-0.4, -0.2) is 22.3 Å². The highest BCUT2D eigenvalue weighted by molar-refractivity contribution is 5.71. The van der Waals surface area contributed by atoms with Crippen LogP contribution in [0.1, 0.15) is 64.7 Å². The molecule has 15 heavy (non-hydrogen) atoms. The van der Waals surface area contributed by atoms with E-state index in [1.807, 2.05) is 0 Å². The Labute approximate surface area is 92.5 Å². The Morgan fingerprint density at radius 3 is 1.93 bits per heavy atom. The molecule has 0 aliphatic rings. The van der Waals surface area contributed by atoms with E-state index in [0.29, 0.717) is 6.42 Å². The van der Waals surface area contributed by atoms with Crippen LogP contribution < -0.4 is 0 Å². The third-order valence-corrected chi connectivity index (χ3v) is 2.62. The molecule has 0 rings (SSSR count). The van der Waals surface area contributed by atoms with Gasteiger partial charge >= 0.3 is 5.97 Å². The van der Waals surface area contributed by atoms with Crippen molar-refractivity contribution in [1.82, 2.24) is 0 Å². The SMILES string of the molecule is CCCCCCCCCCC(O)C(=O)O. The van der Waals surface area contributed by atoms with Gasteiger partial charge in [-0.3, -0.25) is 0 Å². The number of aliphatic hydroxyl groups is 1. The number of carboxylic acids is 1. The third kappa shape index (κ3) is 9.73. The van der Waals surface area contributed by atoms with Gasteiger partial charge in [-0.25, -0.2) is 4.79 Å². The molecule has 0 aromatic rings. The van der Waals surface area contributed by atoms with Gasteiger partial charge in [-0.2, -0.15) is 0 Å². The molecule has 2 N–H and O–H groups in total. The Morgan fingerprint density at radius 1 is 1.00 bits per heavy atom. The second-order valence-corrected chi connectivity index (χ2v) is 4.12. The summed E-state index contributed by atoms with van der Waals surface area (Å²) in [6.07, 6.45) is 8.68. The second kappa shape index (κ2) is 9.97. The van der Waals surface area contributed by atoms with Gasteiger partial charge in [0.15, 0.2) is 6.10 Å². The summed E-state index contributed by atoms with van der Waals surface area (Å²) in [5.41, 5.74) is 0. The van der Waals surface area contributed by atoms with Crippen molar-refractivity contribution in [2.24, 2.45) is 0 Å². The van der Waals surface area contributed by atoms with Gasteiger partial charge in [-0.05, 0) is 6.42 Å². The molecule has 0 spiro atoms. The number of aliphatic carboxylic acids is 1. The summed E-state index contributed by atoms with van der Waals surface area (Å²) < 4.78 is 0. The Morgan fingerprint density at radius 2 is 1.47 bits per heavy atom. The third-order valence-electron chi connectivity index (χ3n) is 2.62. The summed E-state index contributed by atoms with van der Waals surface area (Å²) in [6, 6.07) is 0. The topological polar surface area (TPSA) is 57.5 Å². The summed E-state index contributed by atoms with van der Waals surface area (Å²) >= 11 is 0. The average molecular weight is 216 g/mol. The van der Waals surface area contributed by atoms with Gasteiger partial charge in [0.05, 0.1) is 0 Å². The van der Waals surface area contributed by atoms with Gasteiger partial charge in [0, 0.05) is 0 Å². The second-order valence-electron chi connectivity index (χ2n) is 4.12. The van der Waals surface area contributed by atoms with Crippen molar-refractivity contribution in [2.75, 3.05) is 0 Å². The molecule has 0 saturated heterocycles. The number of carbonyl (C=O) groups is 1. The zero-order chi connectivity index (χ0) is 11.5. The van der Waals surface area contributed by atoms with E-state index in [0.717, 1.165) is 19.3 Å². The van der Waals surface area contributed by atoms with Gasteiger partial charge < -0.3 is 10.2 Å². The van der Waals surface area contributed by atoms with Crippen LogP contribution in [0.3, 0.4) is 0 Å². The van der Waals surface area contributed by atoms with Gasteiger partial charge in [0.25, 0.3) is 0 Å². The first-order valence-corrected chi connectivity index (χ1v) is 6.09. The zero-order valence-electron chi connectivity index (χ0n) is 9.74. The molecule has 0 aromatic heterocycles. The smallest absolute Gasteiger partial charge is 0.332 e. The highest BCUT2D eigenvalue weighted by Gasteiger charge is 2.11. The maximum Gasteiger partial charge on any atom is 0.332 e. The molecule has 1 atom stereocenters. The highest BCUT2D eigenvalue weighted by Crippen LogP contribution is 2.10. The molecule has 3 nitrogen and oxygen atoms in total. The monoisotopic (exact) mass is 216 g/mol. The normalized spacial score (nSPS) is 12.7. The standard InChI is InChI=1S/C12H24O3/c1-2-3-4-5-6-7-8-9-10-11(13)12(14)15/h11,13H,2-10H2,1H3,(H,14,15). The lowest BCUT2D eigenvalue weighted by Gasteiger charge is -2.04. The number of unbranched alkanes of at least 4 members (excludes halogenated alkanes) is 7. The lowest BCUT2D eigenvalue weighted by Crippen LogP contribution is -2.18. The van der Waals surface area contributed by atoms with Crippen molar-refractivity contribution < 1.29 is 15.0 Å². The van der Waals surface area contributed by atoms with E-state index in [1.165, 1.54) is 32.1 Å². The minimum atomic E-state index is -1.16. The summed E-state index contributed by atoms with van der Waals surface area (Å²) in [5.74, 6) is -1.10. The van der Waals surface area contributed by atoms with E-state index in [9.17, 15) is 4.79 Å². The van der Waals surface area contributed by atoms with Crippen molar-refractivity contribution in [3.05, 3.63) is 0 Å². The highest BCUT2D eigenvalue weighted by atomic mass is 16.4. The fourth-order valence-corrected chi connectivity index (χ4v) is 1.60. The lowest BCUT2D eigenvalue weighted by atomic mass is 10.1. The van der Waals surface area contributed by atoms with Crippen LogP contribution in [0.4, 0.5) is 0 Å². The first-order chi connectivity index (χ1) is 7.18. The summed E-state index contributed by atoms with van der Waals surface area (Å²) in [5, 5.41) is 17.4. The van der Waals surface area contributed by atoms with E-state index in [2.05, 4.69) is 6.92 Å². The van der Waals surface area contributed by atoms with E-state index in [1.54, 1.807) is 0 Å². The van der Waals surface area contributed by atoms with Gasteiger partial charge in [-0.15, -0.1) is 0 Å². The van der Waals surface area contributed by atoms with Crippen LogP contribution in [0.15, 0.2) is 0 Å². The first kappa shape index (κ1) is 14.4. The minimum absolute atomic E-state index is 0.393. The molecule has 0 amide bonds. The maximum absolute atomic E-state index is 10.3. The molecule has 0 aliphatic carbocycles. The molecule has 0 radical (unpaired) electrons. The van der Waals surface area contributed by atoms with Crippen molar-refractivity contribution in [3.63, 3.8) is 0 Å². The van der Waals surface area contributed by atoms with Crippen LogP contribution in [0.2, 0.25) is 0 Å². The Balaban J connectivity index is 3.08. The summed E-state index contributed by atoms with van der Waals surface area (Å²) in [7, 11) is 0. The Bertz CT molecular complexity index is 157. The van der Waals surface area contributed by atoms with Crippen LogP contribution >= 0.6 is 0 Å². The van der Waals surface area contributed by atoms with E-state index >= 15 is 0 Å². The van der Waals surface area contributed by atoms with Gasteiger partial charge in [0.2, 0.25) is 0 Å². The van der Waals surface area contributed by atoms with Crippen LogP contribution in [0, 0.1) is 0 Å². The predicted molar refractivity (Wildman–Crippen MR) is 60.9 cm³/mol. The first-order valence-electron chi connectivity index (χ1n) is 6.09. The van der Waals surface area contributed by atoms with Crippen molar-refractivity contribution in [2.45, 2.75) is 70.8 Å². The molecule has 0 heterocycles. The number of hydrogen-bond donors (Lipinski definition) is 2. The molecule has 0 saturated carbocycles. The van der Waals surface area contributed by atoms with Crippen LogP contribution in [0.5, 0.6) is 0 Å². The molecular weight excluding hydrogens is 192 g/mol. The summed E-state index contributed by atoms with van der Waals surface area (Å²) in [4.78, 5) is 10.3. The number of hydrogen-bond acceptors (Lipinski definition) is 2. The molecule has 1 unspecified atom stereocenters. The number of aliphatic hydroxyl groups excluding tert-OH is 1. The fraction of sp³-hybridized carbons (Fsp3) is 0.917. The molecule has 0 aliphatic heterocycles. The molecule has 3 heteroatoms. The van der Waals surface area contributed by atoms with Crippen molar-refractivity contribution >= 4 is 5.97 Å². The minimum Gasteiger partial charge on any atom is -0.479 e. The van der Waals surface area contributed by atoms with E-state index < -0.39 is 12.1 Å². The van der Waals surface area contributed by atoms with Gasteiger partial charge in [-0.1, -0.05) is 58.3 Å². The molecule has 90 valence electrons. The molecular formula is C12H24O3. The molecule has 0 bridgehead atoms. The van der Waals surface area contributed by atoms with Crippen LogP contribution in [-0.2, 0) is 4.79 Å². The number of rotatable bonds is 10. The van der Waals surface area contributed by atoms with Crippen molar-refractivity contribution in [1.29, 1.82) is 0 Å². The Kier molecular flexibility index (Phi) is 9.59. The van der Waals surface area contributed by atoms with E-state index in [4.69, 9.17) is 10.2 Å². The maximum atomic E-state index is 10.3. The zero-order valence-corrected chi connectivity index (χ0v) is 9.74. The summed E-state index contributed by atoms with van der Waals surface area (Å²) in [6.45, 7) is 2.20. The number of carboxylic acid groups (broad SMARTS) is 1. The molecule has 0 aromatic carbocycles. The van der Waals surface area contributed by atoms with Crippen LogP contribution in [0.25, 0.3) is 0 Å². The van der Waals surface area contributed by atoms with Gasteiger partial charge in [0.1, 0.15) is 0 Å². The largest absolute Gasteiger partial charge is 0.479 e. The average Bonchev–Trinajstić information content (AvgIpc) is 2.21. The van der Waals surface area contributed by atoms with Crippen molar-refractivity contribution in [3.8, 4) is 0 Å². The molecule has 0 fully saturated rings. The fourth-order valence-electron chi connectivity index (χ4n) is 1.60. The van der Waals surface area contributed by atoms with E-state index in [-0.39, 0.29) is 0 Å². The Hall–Kier alpha value is -0.570. The lowest BCUT2D eigenvalue weighted by molar-refractivity contribution is -0.146. The predicted octanol–water partition coefficient (Wildman–Crippen LogP) is 2.96. The quantitative estimate of drug-likeness (QED) is 0.552.